The highest BCUT2D eigenvalue weighted by atomic mass is 16.5. The minimum atomic E-state index is 0.552. The third kappa shape index (κ3) is 2.23. The number of nitrogens with one attached hydrogen (secondary N) is 2. The topological polar surface area (TPSA) is 33.3 Å². The SMILES string of the molecule is COc1cccc(NC2CCNC2)c1C. The standard InChI is InChI=1S/C12H18N2O/c1-9-11(4-3-5-12(9)15-2)14-10-6-7-13-8-10/h3-5,10,13-14H,6-8H2,1-2H3. The van der Waals surface area contributed by atoms with E-state index in [0.717, 1.165) is 18.8 Å². The average molecular weight is 206 g/mol. The number of hydrogen-bond donors (Lipinski definition) is 2. The molecule has 0 bridgehead atoms. The molecule has 0 aromatic heterocycles. The van der Waals surface area contributed by atoms with Crippen molar-refractivity contribution in [3.05, 3.63) is 23.8 Å². The summed E-state index contributed by atoms with van der Waals surface area (Å²) >= 11 is 0. The second-order valence-corrected chi connectivity index (χ2v) is 3.97. The smallest absolute Gasteiger partial charge is 0.123 e. The Balaban J connectivity index is 2.13. The molecule has 1 fully saturated rings. The van der Waals surface area contributed by atoms with Crippen LogP contribution in [0.4, 0.5) is 5.69 Å². The maximum absolute atomic E-state index is 5.29. The van der Waals surface area contributed by atoms with Crippen molar-refractivity contribution in [3.63, 3.8) is 0 Å². The lowest BCUT2D eigenvalue weighted by molar-refractivity contribution is 0.412. The van der Waals surface area contributed by atoms with Crippen LogP contribution in [0.15, 0.2) is 18.2 Å². The molecule has 1 atom stereocenters. The molecule has 2 rings (SSSR count). The van der Waals surface area contributed by atoms with Gasteiger partial charge in [-0.15, -0.1) is 0 Å². The van der Waals surface area contributed by atoms with E-state index in [0.29, 0.717) is 6.04 Å². The molecule has 3 heteroatoms. The summed E-state index contributed by atoms with van der Waals surface area (Å²) in [6.45, 7) is 4.25. The first-order valence-electron chi connectivity index (χ1n) is 5.42. The fraction of sp³-hybridized carbons (Fsp3) is 0.500. The molecular formula is C12H18N2O. The molecule has 15 heavy (non-hydrogen) atoms. The van der Waals surface area contributed by atoms with Crippen LogP contribution in [0.3, 0.4) is 0 Å². The van der Waals surface area contributed by atoms with Crippen LogP contribution in [0, 0.1) is 6.92 Å². The summed E-state index contributed by atoms with van der Waals surface area (Å²) < 4.78 is 5.29. The number of rotatable bonds is 3. The van der Waals surface area contributed by atoms with Crippen molar-refractivity contribution in [1.29, 1.82) is 0 Å². The van der Waals surface area contributed by atoms with E-state index in [1.54, 1.807) is 7.11 Å². The van der Waals surface area contributed by atoms with Gasteiger partial charge in [0.2, 0.25) is 0 Å². The molecule has 1 aliphatic rings. The van der Waals surface area contributed by atoms with E-state index in [9.17, 15) is 0 Å². The van der Waals surface area contributed by atoms with Gasteiger partial charge in [0.1, 0.15) is 5.75 Å². The molecule has 3 nitrogen and oxygen atoms in total. The highest BCUT2D eigenvalue weighted by molar-refractivity contribution is 5.57. The molecule has 0 amide bonds. The van der Waals surface area contributed by atoms with E-state index in [1.165, 1.54) is 17.7 Å². The predicted molar refractivity (Wildman–Crippen MR) is 62.6 cm³/mol. The van der Waals surface area contributed by atoms with Crippen LogP contribution >= 0.6 is 0 Å². The Labute approximate surface area is 90.8 Å². The van der Waals surface area contributed by atoms with Crippen molar-refractivity contribution in [3.8, 4) is 5.75 Å². The minimum Gasteiger partial charge on any atom is -0.496 e. The van der Waals surface area contributed by atoms with Crippen LogP contribution in [0.5, 0.6) is 5.75 Å². The van der Waals surface area contributed by atoms with Crippen LogP contribution < -0.4 is 15.4 Å². The fourth-order valence-electron chi connectivity index (χ4n) is 1.99. The molecule has 1 aromatic carbocycles. The summed E-state index contributed by atoms with van der Waals surface area (Å²) in [5.41, 5.74) is 2.37. The summed E-state index contributed by atoms with van der Waals surface area (Å²) in [4.78, 5) is 0. The molecule has 1 aromatic rings. The summed E-state index contributed by atoms with van der Waals surface area (Å²) in [7, 11) is 1.71. The van der Waals surface area contributed by atoms with E-state index in [2.05, 4.69) is 23.6 Å². The van der Waals surface area contributed by atoms with E-state index in [4.69, 9.17) is 4.74 Å². The molecule has 82 valence electrons. The quantitative estimate of drug-likeness (QED) is 0.791. The first-order valence-corrected chi connectivity index (χ1v) is 5.42. The van der Waals surface area contributed by atoms with Gasteiger partial charge in [0.25, 0.3) is 0 Å². The monoisotopic (exact) mass is 206 g/mol. The van der Waals surface area contributed by atoms with Gasteiger partial charge in [0, 0.05) is 23.8 Å². The number of ether oxygens (including phenoxy) is 1. The lowest BCUT2D eigenvalue weighted by atomic mass is 10.1. The lowest BCUT2D eigenvalue weighted by Gasteiger charge is -2.16. The Morgan fingerprint density at radius 1 is 1.47 bits per heavy atom. The van der Waals surface area contributed by atoms with Gasteiger partial charge in [-0.05, 0) is 32.0 Å². The molecule has 1 aliphatic heterocycles. The van der Waals surface area contributed by atoms with Gasteiger partial charge in [0.15, 0.2) is 0 Å². The van der Waals surface area contributed by atoms with Gasteiger partial charge in [-0.25, -0.2) is 0 Å². The highest BCUT2D eigenvalue weighted by Gasteiger charge is 2.15. The molecule has 1 heterocycles. The summed E-state index contributed by atoms with van der Waals surface area (Å²) in [6, 6.07) is 6.68. The van der Waals surface area contributed by atoms with Crippen LogP contribution in [-0.2, 0) is 0 Å². The Kier molecular flexibility index (Phi) is 3.11. The molecule has 0 saturated carbocycles. The van der Waals surface area contributed by atoms with Crippen LogP contribution in [-0.4, -0.2) is 26.2 Å². The molecule has 2 N–H and O–H groups in total. The third-order valence-electron chi connectivity index (χ3n) is 2.92. The third-order valence-corrected chi connectivity index (χ3v) is 2.92. The van der Waals surface area contributed by atoms with E-state index >= 15 is 0 Å². The largest absolute Gasteiger partial charge is 0.496 e. The molecule has 1 saturated heterocycles. The Morgan fingerprint density at radius 2 is 2.33 bits per heavy atom. The number of benzene rings is 1. The van der Waals surface area contributed by atoms with Gasteiger partial charge >= 0.3 is 0 Å². The molecular weight excluding hydrogens is 188 g/mol. The second kappa shape index (κ2) is 4.53. The predicted octanol–water partition coefficient (Wildman–Crippen LogP) is 1.78. The fourth-order valence-corrected chi connectivity index (χ4v) is 1.99. The maximum Gasteiger partial charge on any atom is 0.123 e. The van der Waals surface area contributed by atoms with Crippen LogP contribution in [0.25, 0.3) is 0 Å². The van der Waals surface area contributed by atoms with E-state index in [-0.39, 0.29) is 0 Å². The summed E-state index contributed by atoms with van der Waals surface area (Å²) in [5.74, 6) is 0.950. The van der Waals surface area contributed by atoms with Gasteiger partial charge in [-0.1, -0.05) is 6.07 Å². The highest BCUT2D eigenvalue weighted by Crippen LogP contribution is 2.25. The summed E-state index contributed by atoms with van der Waals surface area (Å²) in [5, 5.41) is 6.89. The Hall–Kier alpha value is -1.22. The number of hydrogen-bond acceptors (Lipinski definition) is 3. The van der Waals surface area contributed by atoms with Crippen molar-refractivity contribution in [2.75, 3.05) is 25.5 Å². The van der Waals surface area contributed by atoms with Crippen molar-refractivity contribution < 1.29 is 4.74 Å². The molecule has 0 radical (unpaired) electrons. The van der Waals surface area contributed by atoms with Gasteiger partial charge in [0.05, 0.1) is 7.11 Å². The average Bonchev–Trinajstić information content (AvgIpc) is 2.74. The normalized spacial score (nSPS) is 20.3. The Morgan fingerprint density at radius 3 is 3.00 bits per heavy atom. The number of methoxy groups -OCH3 is 1. The van der Waals surface area contributed by atoms with Crippen LogP contribution in [0.2, 0.25) is 0 Å². The van der Waals surface area contributed by atoms with Crippen molar-refractivity contribution in [2.45, 2.75) is 19.4 Å². The first-order chi connectivity index (χ1) is 7.31. The summed E-state index contributed by atoms with van der Waals surface area (Å²) in [6.07, 6.45) is 1.19. The second-order valence-electron chi connectivity index (χ2n) is 3.97. The molecule has 1 unspecified atom stereocenters. The number of anilines is 1. The van der Waals surface area contributed by atoms with Crippen molar-refractivity contribution in [1.82, 2.24) is 5.32 Å². The maximum atomic E-state index is 5.29. The van der Waals surface area contributed by atoms with Crippen LogP contribution in [0.1, 0.15) is 12.0 Å². The molecule has 0 aliphatic carbocycles. The van der Waals surface area contributed by atoms with Crippen molar-refractivity contribution in [2.24, 2.45) is 0 Å². The zero-order valence-electron chi connectivity index (χ0n) is 9.34. The zero-order chi connectivity index (χ0) is 10.7. The van der Waals surface area contributed by atoms with E-state index < -0.39 is 0 Å². The van der Waals surface area contributed by atoms with Gasteiger partial charge in [-0.3, -0.25) is 0 Å². The molecule has 0 spiro atoms. The zero-order valence-corrected chi connectivity index (χ0v) is 9.34. The van der Waals surface area contributed by atoms with Crippen molar-refractivity contribution >= 4 is 5.69 Å². The lowest BCUT2D eigenvalue weighted by Crippen LogP contribution is -2.22. The van der Waals surface area contributed by atoms with Gasteiger partial charge in [-0.2, -0.15) is 0 Å². The Bertz CT molecular complexity index is 332. The van der Waals surface area contributed by atoms with E-state index in [1.807, 2.05) is 12.1 Å². The first kappa shape index (κ1) is 10.3. The minimum absolute atomic E-state index is 0.552. The van der Waals surface area contributed by atoms with Gasteiger partial charge < -0.3 is 15.4 Å².